The van der Waals surface area contributed by atoms with E-state index in [1.54, 1.807) is 0 Å². The molecule has 3 rings (SSSR count). The summed E-state index contributed by atoms with van der Waals surface area (Å²) in [6, 6.07) is 6.76. The lowest BCUT2D eigenvalue weighted by molar-refractivity contribution is 0.458. The molecule has 0 unspecified atom stereocenters. The molecule has 2 N–H and O–H groups in total. The molecule has 0 bridgehead atoms. The van der Waals surface area contributed by atoms with Gasteiger partial charge in [-0.2, -0.15) is 0 Å². The van der Waals surface area contributed by atoms with Crippen LogP contribution in [0.4, 0.5) is 8.78 Å². The van der Waals surface area contributed by atoms with Crippen LogP contribution in [0.2, 0.25) is 5.02 Å². The van der Waals surface area contributed by atoms with E-state index >= 15 is 0 Å². The first-order valence-corrected chi connectivity index (χ1v) is 10.1. The van der Waals surface area contributed by atoms with Crippen LogP contribution < -0.4 is 5.73 Å². The molecule has 10 heteroatoms. The Morgan fingerprint density at radius 1 is 1.36 bits per heavy atom. The van der Waals surface area contributed by atoms with Crippen molar-refractivity contribution in [3.63, 3.8) is 0 Å². The zero-order valence-corrected chi connectivity index (χ0v) is 16.6. The fourth-order valence-electron chi connectivity index (χ4n) is 2.87. The van der Waals surface area contributed by atoms with E-state index in [-0.39, 0.29) is 17.2 Å². The standard InChI is InChI=1S/C18H17ClF2N4O2S/c1-18(10-28(26,27)25(2)17(22)24-18)13-7-11(3-5-14(13)20)8-15(21)16-6-4-12(19)9-23-16/h3-9H,10H2,1-2H3,(H2,22,24)/b15-8-/t18-/m0/s1. The van der Waals surface area contributed by atoms with Gasteiger partial charge in [0.1, 0.15) is 17.2 Å². The predicted octanol–water partition coefficient (Wildman–Crippen LogP) is 3.15. The molecule has 0 saturated heterocycles. The topological polar surface area (TPSA) is 88.7 Å². The Bertz CT molecular complexity index is 1090. The first-order valence-electron chi connectivity index (χ1n) is 8.13. The van der Waals surface area contributed by atoms with E-state index in [1.165, 1.54) is 50.5 Å². The second kappa shape index (κ2) is 7.14. The van der Waals surface area contributed by atoms with Crippen LogP contribution in [-0.2, 0) is 15.6 Å². The molecule has 6 nitrogen and oxygen atoms in total. The van der Waals surface area contributed by atoms with Crippen molar-refractivity contribution in [3.8, 4) is 0 Å². The minimum Gasteiger partial charge on any atom is -0.369 e. The van der Waals surface area contributed by atoms with E-state index in [0.717, 1.165) is 10.4 Å². The highest BCUT2D eigenvalue weighted by Crippen LogP contribution is 2.34. The molecule has 1 atom stereocenters. The largest absolute Gasteiger partial charge is 0.369 e. The summed E-state index contributed by atoms with van der Waals surface area (Å²) in [5.41, 5.74) is 4.64. The van der Waals surface area contributed by atoms with Crippen LogP contribution >= 0.6 is 11.6 Å². The van der Waals surface area contributed by atoms with Gasteiger partial charge in [0, 0.05) is 18.8 Å². The van der Waals surface area contributed by atoms with Crippen molar-refractivity contribution in [2.75, 3.05) is 12.8 Å². The van der Waals surface area contributed by atoms with E-state index in [0.29, 0.717) is 10.6 Å². The number of sulfonamides is 1. The monoisotopic (exact) mass is 426 g/mol. The number of halogens is 3. The molecule has 2 heterocycles. The molecule has 0 saturated carbocycles. The van der Waals surface area contributed by atoms with Gasteiger partial charge in [0.05, 0.1) is 16.5 Å². The molecule has 1 aromatic heterocycles. The number of aromatic nitrogens is 1. The van der Waals surface area contributed by atoms with Gasteiger partial charge in [-0.15, -0.1) is 0 Å². The van der Waals surface area contributed by atoms with Gasteiger partial charge in [0.15, 0.2) is 0 Å². The van der Waals surface area contributed by atoms with Gasteiger partial charge >= 0.3 is 0 Å². The van der Waals surface area contributed by atoms with Gasteiger partial charge in [-0.3, -0.25) is 4.98 Å². The third-order valence-corrected chi connectivity index (χ3v) is 6.57. The molecule has 0 spiro atoms. The number of aliphatic imine (C=N–C) groups is 1. The Hall–Kier alpha value is -2.52. The van der Waals surface area contributed by atoms with Crippen molar-refractivity contribution in [2.24, 2.45) is 10.7 Å². The maximum atomic E-state index is 14.5. The normalized spacial score (nSPS) is 22.1. The third-order valence-electron chi connectivity index (χ3n) is 4.40. The van der Waals surface area contributed by atoms with E-state index < -0.39 is 33.0 Å². The number of hydrogen-bond donors (Lipinski definition) is 1. The Morgan fingerprint density at radius 2 is 2.07 bits per heavy atom. The summed E-state index contributed by atoms with van der Waals surface area (Å²) in [6.07, 6.45) is 2.47. The number of nitrogens with two attached hydrogens (primary N) is 1. The molecular formula is C18H17ClF2N4O2S. The number of benzene rings is 1. The molecular weight excluding hydrogens is 410 g/mol. The van der Waals surface area contributed by atoms with Gasteiger partial charge in [0.25, 0.3) is 0 Å². The number of pyridine rings is 1. The van der Waals surface area contributed by atoms with E-state index in [9.17, 15) is 17.2 Å². The number of nitrogens with zero attached hydrogens (tertiary/aromatic N) is 3. The molecule has 1 aliphatic heterocycles. The van der Waals surface area contributed by atoms with Crippen LogP contribution in [0.1, 0.15) is 23.7 Å². The molecule has 0 aliphatic carbocycles. The van der Waals surface area contributed by atoms with Gasteiger partial charge in [-0.1, -0.05) is 17.7 Å². The summed E-state index contributed by atoms with van der Waals surface area (Å²) < 4.78 is 54.5. The van der Waals surface area contributed by atoms with Gasteiger partial charge in [-0.25, -0.2) is 26.5 Å². The van der Waals surface area contributed by atoms with Crippen LogP contribution in [0.25, 0.3) is 11.9 Å². The van der Waals surface area contributed by atoms with Crippen molar-refractivity contribution < 1.29 is 17.2 Å². The van der Waals surface area contributed by atoms with Crippen LogP contribution in [-0.4, -0.2) is 36.5 Å². The zero-order valence-electron chi connectivity index (χ0n) is 15.0. The molecule has 0 amide bonds. The summed E-state index contributed by atoms with van der Waals surface area (Å²) in [7, 11) is -2.49. The van der Waals surface area contributed by atoms with Crippen molar-refractivity contribution in [1.82, 2.24) is 9.29 Å². The summed E-state index contributed by atoms with van der Waals surface area (Å²) >= 11 is 5.74. The summed E-state index contributed by atoms with van der Waals surface area (Å²) in [6.45, 7) is 1.47. The lowest BCUT2D eigenvalue weighted by atomic mass is 9.92. The Labute approximate surface area is 166 Å². The predicted molar refractivity (Wildman–Crippen MR) is 105 cm³/mol. The van der Waals surface area contributed by atoms with Crippen molar-refractivity contribution >= 4 is 39.5 Å². The van der Waals surface area contributed by atoms with Gasteiger partial charge in [-0.05, 0) is 42.8 Å². The van der Waals surface area contributed by atoms with Crippen LogP contribution in [0, 0.1) is 5.82 Å². The minimum atomic E-state index is -3.77. The smallest absolute Gasteiger partial charge is 0.239 e. The SMILES string of the molecule is CN1C(N)=N[C@](C)(c2cc(/C=C(\F)c3ccc(Cl)cn3)ccc2F)CS1(=O)=O. The first kappa shape index (κ1) is 20.2. The molecule has 148 valence electrons. The molecule has 2 aromatic rings. The van der Waals surface area contributed by atoms with Crippen molar-refractivity contribution in [3.05, 3.63) is 64.2 Å². The molecule has 0 fully saturated rings. The number of hydrogen-bond acceptors (Lipinski definition) is 5. The maximum absolute atomic E-state index is 14.5. The number of guanidine groups is 1. The molecule has 28 heavy (non-hydrogen) atoms. The Morgan fingerprint density at radius 3 is 2.68 bits per heavy atom. The average Bonchev–Trinajstić information content (AvgIpc) is 2.61. The zero-order chi connectivity index (χ0) is 20.7. The fraction of sp³-hybridized carbons (Fsp3) is 0.222. The summed E-state index contributed by atoms with van der Waals surface area (Å²) in [5, 5.41) is 0.368. The lowest BCUT2D eigenvalue weighted by Gasteiger charge is -2.34. The molecule has 1 aliphatic rings. The molecule has 0 radical (unpaired) electrons. The van der Waals surface area contributed by atoms with Crippen molar-refractivity contribution in [2.45, 2.75) is 12.5 Å². The fourth-order valence-corrected chi connectivity index (χ4v) is 4.43. The maximum Gasteiger partial charge on any atom is 0.239 e. The highest BCUT2D eigenvalue weighted by Gasteiger charge is 2.41. The Balaban J connectivity index is 2.05. The second-order valence-electron chi connectivity index (χ2n) is 6.56. The van der Waals surface area contributed by atoms with Gasteiger partial charge in [0.2, 0.25) is 16.0 Å². The van der Waals surface area contributed by atoms with Crippen LogP contribution in [0.3, 0.4) is 0 Å². The van der Waals surface area contributed by atoms with E-state index in [1.807, 2.05) is 0 Å². The first-order chi connectivity index (χ1) is 13.0. The average molecular weight is 427 g/mol. The summed E-state index contributed by atoms with van der Waals surface area (Å²) in [5.74, 6) is -2.03. The van der Waals surface area contributed by atoms with Gasteiger partial charge < -0.3 is 5.73 Å². The highest BCUT2D eigenvalue weighted by molar-refractivity contribution is 7.89. The minimum absolute atomic E-state index is 0.00209. The Kier molecular flexibility index (Phi) is 5.16. The highest BCUT2D eigenvalue weighted by atomic mass is 35.5. The lowest BCUT2D eigenvalue weighted by Crippen LogP contribution is -2.50. The van der Waals surface area contributed by atoms with E-state index in [4.69, 9.17) is 17.3 Å². The quantitative estimate of drug-likeness (QED) is 0.816. The molecule has 1 aromatic carbocycles. The van der Waals surface area contributed by atoms with Crippen LogP contribution in [0.5, 0.6) is 0 Å². The van der Waals surface area contributed by atoms with Crippen molar-refractivity contribution in [1.29, 1.82) is 0 Å². The second-order valence-corrected chi connectivity index (χ2v) is 9.00. The number of rotatable bonds is 3. The van der Waals surface area contributed by atoms with Crippen LogP contribution in [0.15, 0.2) is 41.5 Å². The summed E-state index contributed by atoms with van der Waals surface area (Å²) in [4.78, 5) is 8.05. The third kappa shape index (κ3) is 3.85. The van der Waals surface area contributed by atoms with E-state index in [2.05, 4.69) is 9.98 Å².